The molecule has 0 amide bonds. The molecule has 8 bridgehead atoms. The summed E-state index contributed by atoms with van der Waals surface area (Å²) in [6.07, 6.45) is 17.9. The van der Waals surface area contributed by atoms with Crippen LogP contribution in [-0.2, 0) is 79.4 Å². The van der Waals surface area contributed by atoms with Crippen LogP contribution in [0, 0.1) is 0 Å². The molecule has 11 rings (SSSR count). The summed E-state index contributed by atoms with van der Waals surface area (Å²) in [5.74, 6) is 1.79. The van der Waals surface area contributed by atoms with E-state index >= 15 is 0 Å². The SMILES string of the molecule is C.C.C.CC.CC.CS(=O)(=O)NCCCCCCCc1nc(NCS(=O)(=O)[O-])nc(Nc2ccccc2S(=O)(=O)[O-])n1.[Cu+2].[Na+].[Na+].c1ccc2c(c1)-c1nc-2nc2[n-]c(nc3nc(nc4[n-]c(n1)c1c4CCCC1)C1=C3CCCC1)c1c2CCCC1. The fourth-order valence-electron chi connectivity index (χ4n) is 10.0. The smallest absolute Gasteiger partial charge is 0.747 e. The fraction of sp³-hybridized carbons (Fsp3) is 0.491. The van der Waals surface area contributed by atoms with Gasteiger partial charge >= 0.3 is 76.2 Å². The van der Waals surface area contributed by atoms with Crippen molar-refractivity contribution < 1.29 is 111 Å². The summed E-state index contributed by atoms with van der Waals surface area (Å²) in [4.78, 5) is 52.3. The van der Waals surface area contributed by atoms with Crippen molar-refractivity contribution in [1.82, 2.24) is 59.5 Å². The minimum Gasteiger partial charge on any atom is -0.747 e. The van der Waals surface area contributed by atoms with Gasteiger partial charge < -0.3 is 49.6 Å². The number of hydrogen-bond acceptors (Lipinski definition) is 19. The quantitative estimate of drug-likeness (QED) is 0.0736. The molecule has 28 heteroatoms. The summed E-state index contributed by atoms with van der Waals surface area (Å²) in [5, 5.41) is 4.92. The van der Waals surface area contributed by atoms with Crippen molar-refractivity contribution >= 4 is 81.6 Å². The zero-order valence-corrected chi connectivity index (χ0v) is 54.9. The molecule has 85 heavy (non-hydrogen) atoms. The van der Waals surface area contributed by atoms with Crippen LogP contribution in [0.3, 0.4) is 0 Å². The number of aromatic nitrogens is 11. The van der Waals surface area contributed by atoms with Crippen LogP contribution in [0.5, 0.6) is 0 Å². The number of nitrogens with zero attached hydrogens (tertiary/aromatic N) is 11. The van der Waals surface area contributed by atoms with Crippen molar-refractivity contribution in [2.75, 3.05) is 29.3 Å². The van der Waals surface area contributed by atoms with Crippen molar-refractivity contribution in [3.05, 3.63) is 88.3 Å². The molecular formula is C57H78CuN14Na2O8S3. The second-order valence-electron chi connectivity index (χ2n) is 19.1. The number of hydrogen-bond donors (Lipinski definition) is 3. The first-order valence-corrected chi connectivity index (χ1v) is 32.1. The summed E-state index contributed by atoms with van der Waals surface area (Å²) in [5.41, 5.74) is 12.2. The summed E-state index contributed by atoms with van der Waals surface area (Å²) in [7, 11) is -12.6. The minimum absolute atomic E-state index is 0. The molecule has 1 radical (unpaired) electrons. The third kappa shape index (κ3) is 20.2. The molecule has 6 aromatic rings. The van der Waals surface area contributed by atoms with Gasteiger partial charge in [0, 0.05) is 46.7 Å². The van der Waals surface area contributed by atoms with Crippen LogP contribution in [0.4, 0.5) is 17.6 Å². The molecule has 2 aliphatic heterocycles. The Labute approximate surface area is 557 Å². The van der Waals surface area contributed by atoms with Gasteiger partial charge in [-0.3, -0.25) is 0 Å². The van der Waals surface area contributed by atoms with Gasteiger partial charge in [0.2, 0.25) is 21.9 Å². The predicted molar refractivity (Wildman–Crippen MR) is 321 cm³/mol. The molecule has 0 saturated carbocycles. The average molecular weight is 1290 g/mol. The Morgan fingerprint density at radius 1 is 0.506 bits per heavy atom. The number of fused-ring (bicyclic) bond motifs is 19. The van der Waals surface area contributed by atoms with Crippen LogP contribution in [0.1, 0.15) is 173 Å². The number of anilines is 3. The van der Waals surface area contributed by atoms with Crippen LogP contribution in [0.2, 0.25) is 0 Å². The zero-order valence-electron chi connectivity index (χ0n) is 47.5. The van der Waals surface area contributed by atoms with E-state index in [-0.39, 0.29) is 122 Å². The van der Waals surface area contributed by atoms with Crippen LogP contribution < -0.4 is 84.4 Å². The van der Waals surface area contributed by atoms with E-state index < -0.39 is 41.0 Å². The van der Waals surface area contributed by atoms with E-state index in [1.54, 1.807) is 0 Å². The Hall–Kier alpha value is -4.12. The van der Waals surface area contributed by atoms with Crippen LogP contribution >= 0.6 is 0 Å². The average Bonchev–Trinajstić information content (AvgIpc) is 1.86. The standard InChI is InChI=1S/C32H28N8.C18H28N6O8S3.2C2H6.3CH4.Cu.2Na/c1-2-10-18-17(9-1)25-33-26(18)38-28-21-13-5-6-14-22(21)30(35-28)40-32-24-16-8-7-15-23(24)31(36-32)39-29-20-12-4-3-11-19(20)27(34-29)37-25;1-33(25,26)20-12-8-4-2-3-5-11-16-22-17(19-13-34(27,28)29)24-18(23-16)21-14-9-6-7-10-15(14)35(30,31)32;2*1-2;;;;;;/h1-2,9-10H,3-8,11-16H2;6-7,9-10,20H,2-5,8,11-13H2,1H3,(H,27,28,29)(H,30,31,32)(H2,19,21,22,23,24);2*1-2H3;3*1H4;;;/q-2;;;;;;;+2;2*+1/p-2. The molecular weight excluding hydrogens is 1210 g/mol. The van der Waals surface area contributed by atoms with E-state index in [0.717, 1.165) is 154 Å². The van der Waals surface area contributed by atoms with Crippen LogP contribution in [0.25, 0.3) is 56.5 Å². The van der Waals surface area contributed by atoms with Gasteiger partial charge in [0.25, 0.3) is 0 Å². The van der Waals surface area contributed by atoms with Gasteiger partial charge in [-0.25, -0.2) is 39.9 Å². The molecule has 22 nitrogen and oxygen atoms in total. The monoisotopic (exact) mass is 1290 g/mol. The third-order valence-electron chi connectivity index (χ3n) is 13.6. The van der Waals surface area contributed by atoms with E-state index in [1.165, 1.54) is 51.6 Å². The van der Waals surface area contributed by atoms with Crippen LogP contribution in [0.15, 0.2) is 53.4 Å². The maximum absolute atomic E-state index is 11.5. The fourth-order valence-corrected chi connectivity index (χ4v) is 11.5. The van der Waals surface area contributed by atoms with E-state index in [0.29, 0.717) is 37.5 Å². The van der Waals surface area contributed by atoms with Crippen molar-refractivity contribution in [3.63, 3.8) is 0 Å². The predicted octanol–water partition coefficient (Wildman–Crippen LogP) is 4.17. The molecule has 3 N–H and O–H groups in total. The van der Waals surface area contributed by atoms with Gasteiger partial charge in [-0.05, 0) is 135 Å². The largest absolute Gasteiger partial charge is 2.00 e. The van der Waals surface area contributed by atoms with E-state index in [9.17, 15) is 34.4 Å². The first-order valence-electron chi connectivity index (χ1n) is 27.2. The molecule has 0 atom stereocenters. The maximum Gasteiger partial charge on any atom is 2.00 e. The van der Waals surface area contributed by atoms with Gasteiger partial charge in [0.1, 0.15) is 31.9 Å². The summed E-state index contributed by atoms with van der Waals surface area (Å²) < 4.78 is 91.9. The Bertz CT molecular complexity index is 3620. The number of benzene rings is 2. The molecule has 5 aliphatic rings. The Kier molecular flexibility index (Phi) is 31.8. The Morgan fingerprint density at radius 3 is 1.39 bits per heavy atom. The third-order valence-corrected chi connectivity index (χ3v) is 15.7. The number of allylic oxidation sites excluding steroid dienone is 2. The number of para-hydroxylation sites is 1. The number of aryl methyl sites for hydroxylation is 5. The summed E-state index contributed by atoms with van der Waals surface area (Å²) in [6.45, 7) is 8.36. The van der Waals surface area contributed by atoms with Gasteiger partial charge in [-0.15, -0.1) is 0 Å². The molecule has 4 aromatic heterocycles. The summed E-state index contributed by atoms with van der Waals surface area (Å²) >= 11 is 0. The van der Waals surface area contributed by atoms with Crippen LogP contribution in [-0.4, -0.2) is 97.9 Å². The number of rotatable bonds is 15. The second kappa shape index (κ2) is 35.2. The van der Waals surface area contributed by atoms with Gasteiger partial charge in [-0.2, -0.15) is 15.0 Å². The molecule has 0 spiro atoms. The van der Waals surface area contributed by atoms with Crippen molar-refractivity contribution in [2.45, 2.75) is 170 Å². The molecule has 0 saturated heterocycles. The Balaban J connectivity index is 0.000000519. The molecule has 2 aromatic carbocycles. The van der Waals surface area contributed by atoms with Crippen molar-refractivity contribution in [1.29, 1.82) is 0 Å². The van der Waals surface area contributed by atoms with Crippen molar-refractivity contribution in [2.24, 2.45) is 0 Å². The molecule has 6 heterocycles. The normalized spacial score (nSPS) is 13.6. The molecule has 0 unspecified atom stereocenters. The number of unbranched alkanes of at least 4 members (excludes halogenated alkanes) is 4. The minimum atomic E-state index is -4.80. The zero-order chi connectivity index (χ0) is 56.3. The second-order valence-corrected chi connectivity index (χ2v) is 23.6. The molecule has 0 fully saturated rings. The maximum atomic E-state index is 11.5. The van der Waals surface area contributed by atoms with Crippen molar-refractivity contribution in [3.8, 4) is 22.8 Å². The van der Waals surface area contributed by atoms with Gasteiger partial charge in [0.05, 0.1) is 40.1 Å². The Morgan fingerprint density at radius 2 is 0.918 bits per heavy atom. The van der Waals surface area contributed by atoms with Gasteiger partial charge in [0.15, 0.2) is 0 Å². The molecule has 3 aliphatic carbocycles. The molecule has 455 valence electrons. The van der Waals surface area contributed by atoms with Gasteiger partial charge in [-0.1, -0.05) is 106 Å². The van der Waals surface area contributed by atoms with E-state index in [2.05, 4.69) is 42.4 Å². The summed E-state index contributed by atoms with van der Waals surface area (Å²) in [6, 6.07) is 13.5. The topological polar surface area (TPSA) is 329 Å². The first kappa shape index (κ1) is 77.0. The number of nitrogens with one attached hydrogen (secondary N) is 3. The van der Waals surface area contributed by atoms with E-state index in [4.69, 9.17) is 39.9 Å². The van der Waals surface area contributed by atoms with E-state index in [1.807, 2.05) is 39.8 Å². The first-order chi connectivity index (χ1) is 38.0. The number of sulfonamides is 1.